The standard InChI is InChI=1S/C23H33N5O2.HI/c1-5-24-23(27(4)17-22(29)28(6-2)7-3)26-16-20-13-14-25-21(15-20)30-18-19-11-9-8-10-12-19;/h8-15H,5-7,16-18H2,1-4H3,(H,24,26);1H. The second-order valence-electron chi connectivity index (χ2n) is 6.87. The number of hydrogen-bond donors (Lipinski definition) is 1. The fourth-order valence-electron chi connectivity index (χ4n) is 2.95. The molecule has 1 amide bonds. The van der Waals surface area contributed by atoms with Crippen LogP contribution in [0.3, 0.4) is 0 Å². The lowest BCUT2D eigenvalue weighted by atomic mass is 10.2. The number of nitrogens with one attached hydrogen (secondary N) is 1. The summed E-state index contributed by atoms with van der Waals surface area (Å²) in [5.41, 5.74) is 2.09. The average Bonchev–Trinajstić information content (AvgIpc) is 2.77. The summed E-state index contributed by atoms with van der Waals surface area (Å²) in [6, 6.07) is 13.8. The van der Waals surface area contributed by atoms with Gasteiger partial charge in [0.25, 0.3) is 0 Å². The number of ether oxygens (including phenoxy) is 1. The van der Waals surface area contributed by atoms with E-state index in [4.69, 9.17) is 4.74 Å². The highest BCUT2D eigenvalue weighted by molar-refractivity contribution is 14.0. The lowest BCUT2D eigenvalue weighted by Crippen LogP contribution is -2.45. The van der Waals surface area contributed by atoms with Gasteiger partial charge >= 0.3 is 0 Å². The molecule has 0 saturated heterocycles. The number of rotatable bonds is 10. The molecule has 0 saturated carbocycles. The van der Waals surface area contributed by atoms with E-state index in [-0.39, 0.29) is 36.4 Å². The van der Waals surface area contributed by atoms with E-state index in [9.17, 15) is 4.79 Å². The fourth-order valence-corrected chi connectivity index (χ4v) is 2.95. The van der Waals surface area contributed by atoms with Gasteiger partial charge in [-0.2, -0.15) is 0 Å². The van der Waals surface area contributed by atoms with Crippen molar-refractivity contribution in [2.45, 2.75) is 33.9 Å². The third-order valence-corrected chi connectivity index (χ3v) is 4.63. The first kappa shape index (κ1) is 26.7. The largest absolute Gasteiger partial charge is 0.473 e. The maximum Gasteiger partial charge on any atom is 0.242 e. The molecule has 1 aromatic carbocycles. The molecule has 31 heavy (non-hydrogen) atoms. The van der Waals surface area contributed by atoms with Crippen LogP contribution in [0.5, 0.6) is 5.88 Å². The number of likely N-dealkylation sites (N-methyl/N-ethyl adjacent to an activating group) is 2. The Hall–Kier alpha value is -2.36. The number of benzene rings is 1. The minimum absolute atomic E-state index is 0. The summed E-state index contributed by atoms with van der Waals surface area (Å²) >= 11 is 0. The Morgan fingerprint density at radius 3 is 2.45 bits per heavy atom. The summed E-state index contributed by atoms with van der Waals surface area (Å²) in [5.74, 6) is 1.36. The molecule has 0 fully saturated rings. The molecule has 1 heterocycles. The molecule has 0 aliphatic heterocycles. The molecular formula is C23H34IN5O2. The summed E-state index contributed by atoms with van der Waals surface area (Å²) in [6.07, 6.45) is 1.73. The lowest BCUT2D eigenvalue weighted by molar-refractivity contribution is -0.131. The van der Waals surface area contributed by atoms with Crippen LogP contribution in [0.2, 0.25) is 0 Å². The molecule has 170 valence electrons. The van der Waals surface area contributed by atoms with Gasteiger partial charge in [-0.25, -0.2) is 9.98 Å². The zero-order chi connectivity index (χ0) is 21.8. The summed E-state index contributed by atoms with van der Waals surface area (Å²) in [7, 11) is 1.88. The molecule has 8 heteroatoms. The summed E-state index contributed by atoms with van der Waals surface area (Å²) in [4.78, 5) is 25.1. The Balaban J connectivity index is 0.00000480. The van der Waals surface area contributed by atoms with Crippen molar-refractivity contribution in [3.8, 4) is 5.88 Å². The van der Waals surface area contributed by atoms with E-state index < -0.39 is 0 Å². The molecule has 0 spiro atoms. The van der Waals surface area contributed by atoms with Crippen LogP contribution in [0.15, 0.2) is 53.7 Å². The highest BCUT2D eigenvalue weighted by Gasteiger charge is 2.15. The van der Waals surface area contributed by atoms with Crippen molar-refractivity contribution in [3.05, 3.63) is 59.8 Å². The minimum atomic E-state index is 0. The fraction of sp³-hybridized carbons (Fsp3) is 0.435. The van der Waals surface area contributed by atoms with Gasteiger partial charge < -0.3 is 19.9 Å². The number of carbonyl (C=O) groups is 1. The van der Waals surface area contributed by atoms with Crippen molar-refractivity contribution >= 4 is 35.8 Å². The van der Waals surface area contributed by atoms with Crippen molar-refractivity contribution in [1.82, 2.24) is 20.1 Å². The number of aliphatic imine (C=N–C) groups is 1. The number of nitrogens with zero attached hydrogens (tertiary/aromatic N) is 4. The van der Waals surface area contributed by atoms with Crippen LogP contribution >= 0.6 is 24.0 Å². The van der Waals surface area contributed by atoms with Gasteiger partial charge in [0, 0.05) is 38.9 Å². The van der Waals surface area contributed by atoms with E-state index >= 15 is 0 Å². The third-order valence-electron chi connectivity index (χ3n) is 4.63. The molecule has 0 atom stereocenters. The summed E-state index contributed by atoms with van der Waals surface area (Å²) < 4.78 is 5.80. The number of halogens is 1. The Morgan fingerprint density at radius 2 is 1.81 bits per heavy atom. The first-order valence-corrected chi connectivity index (χ1v) is 10.5. The van der Waals surface area contributed by atoms with Crippen LogP contribution in [-0.4, -0.2) is 59.9 Å². The second-order valence-corrected chi connectivity index (χ2v) is 6.87. The number of hydrogen-bond acceptors (Lipinski definition) is 4. The Labute approximate surface area is 202 Å². The zero-order valence-electron chi connectivity index (χ0n) is 18.9. The van der Waals surface area contributed by atoms with Crippen LogP contribution in [0.4, 0.5) is 0 Å². The van der Waals surface area contributed by atoms with Crippen LogP contribution in [0.1, 0.15) is 31.9 Å². The maximum atomic E-state index is 12.4. The normalized spacial score (nSPS) is 10.8. The molecule has 0 bridgehead atoms. The van der Waals surface area contributed by atoms with Crippen LogP contribution in [0.25, 0.3) is 0 Å². The van der Waals surface area contributed by atoms with E-state index in [1.165, 1.54) is 0 Å². The SMILES string of the molecule is CCNC(=NCc1ccnc(OCc2ccccc2)c1)N(C)CC(=O)N(CC)CC.I. The van der Waals surface area contributed by atoms with Crippen molar-refractivity contribution < 1.29 is 9.53 Å². The van der Waals surface area contributed by atoms with Gasteiger partial charge in [-0.05, 0) is 38.0 Å². The van der Waals surface area contributed by atoms with Gasteiger partial charge in [-0.15, -0.1) is 24.0 Å². The smallest absolute Gasteiger partial charge is 0.242 e. The van der Waals surface area contributed by atoms with Crippen molar-refractivity contribution in [2.24, 2.45) is 4.99 Å². The monoisotopic (exact) mass is 539 g/mol. The maximum absolute atomic E-state index is 12.4. The summed E-state index contributed by atoms with van der Waals surface area (Å²) in [6.45, 7) is 9.36. The predicted octanol–water partition coefficient (Wildman–Crippen LogP) is 3.54. The lowest BCUT2D eigenvalue weighted by Gasteiger charge is -2.25. The highest BCUT2D eigenvalue weighted by atomic mass is 127. The molecule has 0 aliphatic carbocycles. The minimum Gasteiger partial charge on any atom is -0.473 e. The molecule has 1 N–H and O–H groups in total. The van der Waals surface area contributed by atoms with Crippen LogP contribution < -0.4 is 10.1 Å². The molecule has 1 aromatic heterocycles. The van der Waals surface area contributed by atoms with Crippen LogP contribution in [0, 0.1) is 0 Å². The van der Waals surface area contributed by atoms with E-state index in [2.05, 4.69) is 15.3 Å². The zero-order valence-corrected chi connectivity index (χ0v) is 21.2. The molecule has 0 unspecified atom stereocenters. The molecule has 2 aromatic rings. The van der Waals surface area contributed by atoms with Gasteiger partial charge in [-0.1, -0.05) is 30.3 Å². The Bertz CT molecular complexity index is 813. The van der Waals surface area contributed by atoms with Crippen molar-refractivity contribution in [3.63, 3.8) is 0 Å². The molecule has 2 rings (SSSR count). The van der Waals surface area contributed by atoms with E-state index in [0.29, 0.717) is 38.1 Å². The van der Waals surface area contributed by atoms with Gasteiger partial charge in [-0.3, -0.25) is 4.79 Å². The molecular weight excluding hydrogens is 505 g/mol. The van der Waals surface area contributed by atoms with Crippen molar-refractivity contribution in [2.75, 3.05) is 33.2 Å². The van der Waals surface area contributed by atoms with Gasteiger partial charge in [0.15, 0.2) is 5.96 Å². The quantitative estimate of drug-likeness (QED) is 0.284. The predicted molar refractivity (Wildman–Crippen MR) is 136 cm³/mol. The van der Waals surface area contributed by atoms with E-state index in [1.54, 1.807) is 6.20 Å². The number of aromatic nitrogens is 1. The van der Waals surface area contributed by atoms with Crippen LogP contribution in [-0.2, 0) is 17.9 Å². The third kappa shape index (κ3) is 9.12. The van der Waals surface area contributed by atoms with E-state index in [1.807, 2.05) is 80.1 Å². The topological polar surface area (TPSA) is 70.1 Å². The summed E-state index contributed by atoms with van der Waals surface area (Å²) in [5, 5.41) is 3.25. The van der Waals surface area contributed by atoms with Gasteiger partial charge in [0.05, 0.1) is 13.1 Å². The number of guanidine groups is 1. The number of amides is 1. The average molecular weight is 539 g/mol. The number of pyridine rings is 1. The first-order chi connectivity index (χ1) is 14.6. The Morgan fingerprint density at radius 1 is 1.10 bits per heavy atom. The highest BCUT2D eigenvalue weighted by Crippen LogP contribution is 2.13. The van der Waals surface area contributed by atoms with Gasteiger partial charge in [0.1, 0.15) is 6.61 Å². The van der Waals surface area contributed by atoms with Crippen molar-refractivity contribution in [1.29, 1.82) is 0 Å². The number of carbonyl (C=O) groups excluding carboxylic acids is 1. The van der Waals surface area contributed by atoms with E-state index in [0.717, 1.165) is 17.7 Å². The second kappa shape index (κ2) is 14.6. The van der Waals surface area contributed by atoms with Gasteiger partial charge in [0.2, 0.25) is 11.8 Å². The Kier molecular flexibility index (Phi) is 12.6. The first-order valence-electron chi connectivity index (χ1n) is 10.5. The molecule has 7 nitrogen and oxygen atoms in total. The molecule has 0 radical (unpaired) electrons. The molecule has 0 aliphatic rings.